The molecule has 0 aliphatic heterocycles. The van der Waals surface area contributed by atoms with E-state index in [2.05, 4.69) is 0 Å². The van der Waals surface area contributed by atoms with Crippen molar-refractivity contribution in [1.82, 2.24) is 0 Å². The normalized spacial score (nSPS) is 15.9. The lowest BCUT2D eigenvalue weighted by molar-refractivity contribution is -0.165. The first-order valence-electron chi connectivity index (χ1n) is 4.09. The molecule has 2 N–H and O–H groups in total. The van der Waals surface area contributed by atoms with Crippen LogP contribution in [0.25, 0.3) is 0 Å². The van der Waals surface area contributed by atoms with E-state index in [1.807, 2.05) is 0 Å². The lowest BCUT2D eigenvalue weighted by Gasteiger charge is -2.19. The Morgan fingerprint density at radius 1 is 1.29 bits per heavy atom. The van der Waals surface area contributed by atoms with Crippen LogP contribution in [0.3, 0.4) is 0 Å². The molecule has 0 heterocycles. The molecule has 3 nitrogen and oxygen atoms in total. The van der Waals surface area contributed by atoms with Crippen molar-refractivity contribution in [2.75, 3.05) is 12.3 Å². The summed E-state index contributed by atoms with van der Waals surface area (Å²) < 4.78 is 58.9. The number of hydrogen-bond acceptors (Lipinski definition) is 3. The first-order valence-corrected chi connectivity index (χ1v) is 5.81. The molecule has 0 saturated heterocycles. The largest absolute Gasteiger partial charge is 0.393 e. The van der Waals surface area contributed by atoms with Gasteiger partial charge in [0.1, 0.15) is 0 Å². The molecule has 0 fully saturated rings. The molecule has 0 aromatic rings. The number of halogens is 3. The Balaban J connectivity index is 4.65. The molecule has 7 heteroatoms. The van der Waals surface area contributed by atoms with Gasteiger partial charge in [0.2, 0.25) is 0 Å². The van der Waals surface area contributed by atoms with Gasteiger partial charge in [0.15, 0.2) is 9.84 Å². The average Bonchev–Trinajstić information content (AvgIpc) is 1.97. The Kier molecular flexibility index (Phi) is 4.38. The maximum absolute atomic E-state index is 12.2. The molecule has 0 aliphatic rings. The van der Waals surface area contributed by atoms with E-state index in [1.54, 1.807) is 0 Å². The second-order valence-electron chi connectivity index (χ2n) is 3.35. The second kappa shape index (κ2) is 4.48. The monoisotopic (exact) mass is 233 g/mol. The highest BCUT2D eigenvalue weighted by Gasteiger charge is 2.41. The van der Waals surface area contributed by atoms with Gasteiger partial charge in [-0.05, 0) is 13.8 Å². The van der Waals surface area contributed by atoms with Gasteiger partial charge in [-0.25, -0.2) is 8.42 Å². The van der Waals surface area contributed by atoms with Gasteiger partial charge in [-0.2, -0.15) is 13.2 Å². The highest BCUT2D eigenvalue weighted by molar-refractivity contribution is 7.91. The molecule has 0 bridgehead atoms. The number of nitrogens with two attached hydrogens (primary N) is 1. The van der Waals surface area contributed by atoms with Gasteiger partial charge in [0.05, 0.1) is 16.9 Å². The highest BCUT2D eigenvalue weighted by Crippen LogP contribution is 2.27. The topological polar surface area (TPSA) is 60.2 Å². The summed E-state index contributed by atoms with van der Waals surface area (Å²) in [5, 5.41) is -0.807. The Bertz CT molecular complexity index is 271. The Labute approximate surface area is 81.4 Å². The second-order valence-corrected chi connectivity index (χ2v) is 5.95. The van der Waals surface area contributed by atoms with Gasteiger partial charge in [0.25, 0.3) is 0 Å². The summed E-state index contributed by atoms with van der Waals surface area (Å²) in [5.74, 6) is -2.89. The van der Waals surface area contributed by atoms with E-state index in [9.17, 15) is 21.6 Å². The summed E-state index contributed by atoms with van der Waals surface area (Å²) in [6.45, 7) is 1.99. The molecule has 0 aromatic heterocycles. The van der Waals surface area contributed by atoms with Crippen LogP contribution in [0, 0.1) is 5.92 Å². The van der Waals surface area contributed by atoms with Gasteiger partial charge in [-0.15, -0.1) is 0 Å². The minimum absolute atomic E-state index is 0.699. The average molecular weight is 233 g/mol. The lowest BCUT2D eigenvalue weighted by Crippen LogP contribution is -2.37. The van der Waals surface area contributed by atoms with Crippen LogP contribution >= 0.6 is 0 Å². The fourth-order valence-electron chi connectivity index (χ4n) is 0.769. The maximum Gasteiger partial charge on any atom is 0.393 e. The summed E-state index contributed by atoms with van der Waals surface area (Å²) in [5.41, 5.74) is 4.88. The van der Waals surface area contributed by atoms with Crippen LogP contribution < -0.4 is 5.73 Å². The zero-order valence-corrected chi connectivity index (χ0v) is 8.82. The maximum atomic E-state index is 12.2. The van der Waals surface area contributed by atoms with E-state index < -0.39 is 39.5 Å². The van der Waals surface area contributed by atoms with E-state index in [1.165, 1.54) is 13.8 Å². The van der Waals surface area contributed by atoms with Crippen molar-refractivity contribution in [1.29, 1.82) is 0 Å². The van der Waals surface area contributed by atoms with Crippen molar-refractivity contribution >= 4 is 9.84 Å². The third-order valence-corrected chi connectivity index (χ3v) is 4.20. The minimum atomic E-state index is -4.54. The molecule has 1 atom stereocenters. The van der Waals surface area contributed by atoms with Gasteiger partial charge >= 0.3 is 6.18 Å². The van der Waals surface area contributed by atoms with E-state index in [0.29, 0.717) is 0 Å². The number of rotatable bonds is 4. The fourth-order valence-corrected chi connectivity index (χ4v) is 2.04. The van der Waals surface area contributed by atoms with Crippen molar-refractivity contribution in [3.8, 4) is 0 Å². The van der Waals surface area contributed by atoms with Crippen molar-refractivity contribution in [2.45, 2.75) is 25.3 Å². The molecule has 0 aliphatic carbocycles. The summed E-state index contributed by atoms with van der Waals surface area (Å²) in [4.78, 5) is 0. The smallest absolute Gasteiger partial charge is 0.330 e. The molecule has 0 rings (SSSR count). The molecule has 1 unspecified atom stereocenters. The van der Waals surface area contributed by atoms with Crippen LogP contribution in [0.4, 0.5) is 13.2 Å². The summed E-state index contributed by atoms with van der Waals surface area (Å²) in [7, 11) is -3.69. The summed E-state index contributed by atoms with van der Waals surface area (Å²) >= 11 is 0. The SMILES string of the molecule is CC(C)S(=O)(=O)CC(CN)C(F)(F)F. The Hall–Kier alpha value is -0.300. The molecule has 0 radical (unpaired) electrons. The Morgan fingerprint density at radius 2 is 1.71 bits per heavy atom. The van der Waals surface area contributed by atoms with E-state index in [-0.39, 0.29) is 0 Å². The third kappa shape index (κ3) is 3.83. The lowest BCUT2D eigenvalue weighted by atomic mass is 10.2. The molecule has 0 aromatic carbocycles. The molecule has 0 spiro atoms. The first-order chi connectivity index (χ1) is 6.11. The van der Waals surface area contributed by atoms with Crippen LogP contribution in [0.15, 0.2) is 0 Å². The van der Waals surface area contributed by atoms with Crippen molar-refractivity contribution in [3.05, 3.63) is 0 Å². The predicted octanol–water partition coefficient (Wildman–Crippen LogP) is 0.947. The molecular formula is C7H14F3NO2S. The molecule has 0 amide bonds. The molecule has 86 valence electrons. The van der Waals surface area contributed by atoms with Crippen LogP contribution in [0.1, 0.15) is 13.8 Å². The van der Waals surface area contributed by atoms with Gasteiger partial charge < -0.3 is 5.73 Å². The van der Waals surface area contributed by atoms with Gasteiger partial charge in [-0.3, -0.25) is 0 Å². The van der Waals surface area contributed by atoms with Gasteiger partial charge in [-0.1, -0.05) is 0 Å². The van der Waals surface area contributed by atoms with Crippen molar-refractivity contribution in [3.63, 3.8) is 0 Å². The highest BCUT2D eigenvalue weighted by atomic mass is 32.2. The zero-order valence-electron chi connectivity index (χ0n) is 8.00. The van der Waals surface area contributed by atoms with Crippen LogP contribution in [0.5, 0.6) is 0 Å². The zero-order chi connectivity index (χ0) is 11.6. The van der Waals surface area contributed by atoms with Crippen LogP contribution in [0.2, 0.25) is 0 Å². The van der Waals surface area contributed by atoms with Crippen LogP contribution in [-0.2, 0) is 9.84 Å². The van der Waals surface area contributed by atoms with Crippen LogP contribution in [-0.4, -0.2) is 32.1 Å². The standard InChI is InChI=1S/C7H14F3NO2S/c1-5(2)14(12,13)4-6(3-11)7(8,9)10/h5-6H,3-4,11H2,1-2H3. The Morgan fingerprint density at radius 3 is 1.93 bits per heavy atom. The first kappa shape index (κ1) is 13.7. The van der Waals surface area contributed by atoms with E-state index >= 15 is 0 Å². The summed E-state index contributed by atoms with van der Waals surface area (Å²) in [6, 6.07) is 0. The fraction of sp³-hybridized carbons (Fsp3) is 1.00. The quantitative estimate of drug-likeness (QED) is 0.786. The van der Waals surface area contributed by atoms with E-state index in [4.69, 9.17) is 5.73 Å². The third-order valence-electron chi connectivity index (χ3n) is 1.90. The number of hydrogen-bond donors (Lipinski definition) is 1. The van der Waals surface area contributed by atoms with E-state index in [0.717, 1.165) is 0 Å². The minimum Gasteiger partial charge on any atom is -0.330 e. The predicted molar refractivity (Wildman–Crippen MR) is 47.5 cm³/mol. The number of alkyl halides is 3. The van der Waals surface area contributed by atoms with Gasteiger partial charge in [0, 0.05) is 6.54 Å². The molecular weight excluding hydrogens is 219 g/mol. The van der Waals surface area contributed by atoms with Crippen molar-refractivity contribution in [2.24, 2.45) is 11.7 Å². The molecule has 0 saturated carbocycles. The van der Waals surface area contributed by atoms with Crippen molar-refractivity contribution < 1.29 is 21.6 Å². The summed E-state index contributed by atoms with van der Waals surface area (Å²) in [6.07, 6.45) is -4.54. The number of sulfone groups is 1. The molecule has 14 heavy (non-hydrogen) atoms.